The van der Waals surface area contributed by atoms with Crippen LogP contribution < -0.4 is 0 Å². The Kier molecular flexibility index (Phi) is 4.94. The molecule has 1 aromatic heterocycles. The highest BCUT2D eigenvalue weighted by Gasteiger charge is 2.05. The van der Waals surface area contributed by atoms with E-state index in [2.05, 4.69) is 0 Å². The van der Waals surface area contributed by atoms with Gasteiger partial charge in [0.25, 0.3) is 0 Å². The van der Waals surface area contributed by atoms with Crippen molar-refractivity contribution in [3.63, 3.8) is 0 Å². The van der Waals surface area contributed by atoms with Gasteiger partial charge < -0.3 is 5.11 Å². The van der Waals surface area contributed by atoms with E-state index in [0.717, 1.165) is 0 Å². The zero-order valence-electron chi connectivity index (χ0n) is 6.14. The maximum Gasteiger partial charge on any atom is 0.141 e. The van der Waals surface area contributed by atoms with Gasteiger partial charge in [-0.1, -0.05) is 23.0 Å². The fourth-order valence-electron chi connectivity index (χ4n) is 0.623. The van der Waals surface area contributed by atoms with Crippen molar-refractivity contribution < 1.29 is 5.11 Å². The molecule has 1 aromatic rings. The molecule has 7 heteroatoms. The molecule has 0 aliphatic rings. The largest absolute Gasteiger partial charge is 0.506 e. The summed E-state index contributed by atoms with van der Waals surface area (Å²) in [5, 5.41) is 13.5. The minimum Gasteiger partial charge on any atom is -0.506 e. The van der Waals surface area contributed by atoms with Crippen molar-refractivity contribution in [3.05, 3.63) is 26.8 Å². The van der Waals surface area contributed by atoms with Gasteiger partial charge in [0, 0.05) is 5.41 Å². The van der Waals surface area contributed by atoms with Gasteiger partial charge in [0.2, 0.25) is 0 Å². The summed E-state index contributed by atoms with van der Waals surface area (Å²) in [6.07, 6.45) is 0. The number of hydrogen-bond acceptors (Lipinski definition) is 5. The number of aliphatic hydroxyl groups is 1. The Labute approximate surface area is 99.7 Å². The highest BCUT2D eigenvalue weighted by molar-refractivity contribution is 8.73. The molecular formula is C6H4ClOPS4. The average Bonchev–Trinajstić information content (AvgIpc) is 2.47. The summed E-state index contributed by atoms with van der Waals surface area (Å²) >= 11 is 18.1. The van der Waals surface area contributed by atoms with E-state index >= 15 is 0 Å². The lowest BCUT2D eigenvalue weighted by Gasteiger charge is -1.94. The summed E-state index contributed by atoms with van der Waals surface area (Å²) in [6, 6.07) is 1.74. The summed E-state index contributed by atoms with van der Waals surface area (Å²) in [6.45, 7) is 0. The molecule has 0 saturated heterocycles. The Morgan fingerprint density at radius 2 is 2.38 bits per heavy atom. The fraction of sp³-hybridized carbons (Fsp3) is 0. The van der Waals surface area contributed by atoms with Gasteiger partial charge in [-0.15, -0.1) is 11.3 Å². The summed E-state index contributed by atoms with van der Waals surface area (Å²) in [5.74, 6) is 0.146. The van der Waals surface area contributed by atoms with E-state index < -0.39 is 4.67 Å². The van der Waals surface area contributed by atoms with Crippen molar-refractivity contribution in [2.75, 3.05) is 0 Å². The molecule has 1 rings (SSSR count). The topological polar surface area (TPSA) is 20.2 Å². The quantitative estimate of drug-likeness (QED) is 0.659. The Bertz CT molecular complexity index is 387. The van der Waals surface area contributed by atoms with Crippen molar-refractivity contribution in [1.82, 2.24) is 0 Å². The molecule has 1 nitrogen and oxygen atoms in total. The van der Waals surface area contributed by atoms with E-state index in [9.17, 15) is 5.11 Å². The molecule has 0 spiro atoms. The molecule has 1 heterocycles. The van der Waals surface area contributed by atoms with Crippen LogP contribution in [0, 0.1) is 0 Å². The van der Waals surface area contributed by atoms with Crippen molar-refractivity contribution in [1.29, 1.82) is 0 Å². The maximum absolute atomic E-state index is 9.52. The number of aliphatic hydroxyl groups excluding tert-OH is 1. The van der Waals surface area contributed by atoms with Crippen LogP contribution in [0.3, 0.4) is 0 Å². The predicted molar refractivity (Wildman–Crippen MR) is 69.2 cm³/mol. The minimum absolute atomic E-state index is 0.146. The second kappa shape index (κ2) is 5.49. The smallest absolute Gasteiger partial charge is 0.141 e. The summed E-state index contributed by atoms with van der Waals surface area (Å²) < 4.78 is -0.910. The molecule has 0 fully saturated rings. The standard InChI is InChI=1S/C6H4ClOPS4/c7-4-1-2-12-6(4)5(8)3-13-9(10)11/h1-3,8H/b5-3-. The Hall–Kier alpha value is 0.620. The highest BCUT2D eigenvalue weighted by Crippen LogP contribution is 2.34. The second-order valence-electron chi connectivity index (χ2n) is 1.93. The number of halogens is 1. The van der Waals surface area contributed by atoms with Crippen LogP contribution in [0.4, 0.5) is 0 Å². The van der Waals surface area contributed by atoms with Crippen molar-refractivity contribution in [3.8, 4) is 0 Å². The number of rotatable bonds is 3. The molecule has 0 saturated carbocycles. The van der Waals surface area contributed by atoms with Gasteiger partial charge in [0.05, 0.1) is 14.6 Å². The predicted octanol–water partition coefficient (Wildman–Crippen LogP) is 4.31. The Morgan fingerprint density at radius 3 is 2.85 bits per heavy atom. The van der Waals surface area contributed by atoms with Crippen LogP contribution in [0.2, 0.25) is 5.02 Å². The van der Waals surface area contributed by atoms with E-state index in [1.165, 1.54) is 22.7 Å². The number of thiophene rings is 1. The highest BCUT2D eigenvalue weighted by atomic mass is 35.5. The molecule has 0 bridgehead atoms. The van der Waals surface area contributed by atoms with Crippen LogP contribution in [-0.4, -0.2) is 5.11 Å². The molecule has 0 unspecified atom stereocenters. The van der Waals surface area contributed by atoms with E-state index in [1.54, 1.807) is 11.5 Å². The molecule has 0 aliphatic heterocycles. The first-order valence-corrected chi connectivity index (χ1v) is 9.16. The van der Waals surface area contributed by atoms with E-state index in [1.807, 2.05) is 5.38 Å². The first-order chi connectivity index (χ1) is 6.11. The van der Waals surface area contributed by atoms with Gasteiger partial charge in [-0.05, 0) is 35.1 Å². The molecule has 0 aromatic carbocycles. The molecule has 13 heavy (non-hydrogen) atoms. The van der Waals surface area contributed by atoms with E-state index in [-0.39, 0.29) is 5.76 Å². The molecule has 0 radical (unpaired) electrons. The molecule has 0 amide bonds. The lowest BCUT2D eigenvalue weighted by Crippen LogP contribution is -1.74. The van der Waals surface area contributed by atoms with Crippen LogP contribution in [0.1, 0.15) is 4.88 Å². The maximum atomic E-state index is 9.52. The second-order valence-corrected chi connectivity index (χ2v) is 10.1. The molecule has 70 valence electrons. The zero-order valence-corrected chi connectivity index (χ0v) is 11.1. The van der Waals surface area contributed by atoms with Gasteiger partial charge >= 0.3 is 0 Å². The van der Waals surface area contributed by atoms with Gasteiger partial charge in [-0.25, -0.2) is 0 Å². The molecular weight excluding hydrogens is 283 g/mol. The van der Waals surface area contributed by atoms with E-state index in [0.29, 0.717) is 9.90 Å². The van der Waals surface area contributed by atoms with Crippen molar-refractivity contribution >= 4 is 68.4 Å². The molecule has 0 aliphatic carbocycles. The first kappa shape index (κ1) is 11.7. The lowest BCUT2D eigenvalue weighted by molar-refractivity contribution is 0.515. The van der Waals surface area contributed by atoms with Crippen LogP contribution in [0.25, 0.3) is 5.76 Å². The first-order valence-electron chi connectivity index (χ1n) is 3.05. The SMILES string of the molecule is O/C(=C\SP(=S)=S)c1sccc1Cl. The summed E-state index contributed by atoms with van der Waals surface area (Å²) in [5.41, 5.74) is 0. The van der Waals surface area contributed by atoms with Gasteiger partial charge in [-0.3, -0.25) is 0 Å². The van der Waals surface area contributed by atoms with Gasteiger partial charge in [0.15, 0.2) is 0 Å². The molecule has 1 N–H and O–H groups in total. The van der Waals surface area contributed by atoms with Crippen LogP contribution in [0.15, 0.2) is 16.9 Å². The number of hydrogen-bond donors (Lipinski definition) is 1. The third kappa shape index (κ3) is 3.70. The fourth-order valence-corrected chi connectivity index (χ4v) is 3.40. The van der Waals surface area contributed by atoms with Crippen LogP contribution >= 0.6 is 39.0 Å². The van der Waals surface area contributed by atoms with Gasteiger partial charge in [-0.2, -0.15) is 0 Å². The average molecular weight is 287 g/mol. The Morgan fingerprint density at radius 1 is 1.69 bits per heavy atom. The monoisotopic (exact) mass is 286 g/mol. The molecule has 0 atom stereocenters. The minimum atomic E-state index is -0.910. The van der Waals surface area contributed by atoms with Crippen molar-refractivity contribution in [2.45, 2.75) is 0 Å². The third-order valence-electron chi connectivity index (χ3n) is 1.10. The summed E-state index contributed by atoms with van der Waals surface area (Å²) in [7, 11) is 0. The third-order valence-corrected chi connectivity index (χ3v) is 5.35. The van der Waals surface area contributed by atoms with Crippen LogP contribution in [0.5, 0.6) is 0 Å². The van der Waals surface area contributed by atoms with Gasteiger partial charge in [0.1, 0.15) is 5.76 Å². The van der Waals surface area contributed by atoms with E-state index in [4.69, 9.17) is 35.2 Å². The summed E-state index contributed by atoms with van der Waals surface area (Å²) in [4.78, 5) is 0.663. The normalized spacial score (nSPS) is 11.6. The zero-order chi connectivity index (χ0) is 9.84. The van der Waals surface area contributed by atoms with Crippen molar-refractivity contribution in [2.24, 2.45) is 0 Å². The Balaban J connectivity index is 2.84. The lowest BCUT2D eigenvalue weighted by atomic mass is 10.4. The van der Waals surface area contributed by atoms with Crippen LogP contribution in [-0.2, 0) is 23.6 Å².